The molecular formula is C19H24N2O4S. The van der Waals surface area contributed by atoms with Crippen LogP contribution in [0.2, 0.25) is 0 Å². The Hall–Kier alpha value is -2.54. The molecule has 0 bridgehead atoms. The first kappa shape index (κ1) is 19.8. The molecule has 0 atom stereocenters. The fraction of sp³-hybridized carbons (Fsp3) is 0.316. The topological polar surface area (TPSA) is 77.0 Å². The first-order valence-corrected chi connectivity index (χ1v) is 10.0. The Bertz CT molecular complexity index is 800. The highest BCUT2D eigenvalue weighted by atomic mass is 32.2. The standard InChI is InChI=1S/C19H24N2O4S/c1-3-5-14-25-18-8-6-16(7-9-18)15-20-21-26(22,23)19-12-10-17(11-13-19)24-4-2/h6-13,15,21H,3-5,14H2,1-2H3/b20-15+. The molecule has 0 aliphatic carbocycles. The zero-order valence-electron chi connectivity index (χ0n) is 15.0. The SMILES string of the molecule is CCCCOc1ccc(/C=N/NS(=O)(=O)c2ccc(OCC)cc2)cc1. The van der Waals surface area contributed by atoms with E-state index in [1.54, 1.807) is 12.1 Å². The van der Waals surface area contributed by atoms with Crippen molar-refractivity contribution < 1.29 is 17.9 Å². The lowest BCUT2D eigenvalue weighted by atomic mass is 10.2. The Morgan fingerprint density at radius 1 is 0.962 bits per heavy atom. The Morgan fingerprint density at radius 3 is 2.19 bits per heavy atom. The summed E-state index contributed by atoms with van der Waals surface area (Å²) in [4.78, 5) is 2.32. The normalized spacial score (nSPS) is 11.5. The zero-order valence-corrected chi connectivity index (χ0v) is 15.8. The van der Waals surface area contributed by atoms with Crippen LogP contribution < -0.4 is 14.3 Å². The molecule has 7 heteroatoms. The van der Waals surface area contributed by atoms with E-state index in [9.17, 15) is 8.42 Å². The van der Waals surface area contributed by atoms with E-state index in [2.05, 4.69) is 16.9 Å². The average molecular weight is 376 g/mol. The minimum atomic E-state index is -3.71. The van der Waals surface area contributed by atoms with Crippen molar-refractivity contribution in [1.29, 1.82) is 0 Å². The molecule has 0 aliphatic rings. The monoisotopic (exact) mass is 376 g/mol. The number of unbranched alkanes of at least 4 members (excludes halogenated alkanes) is 1. The van der Waals surface area contributed by atoms with Gasteiger partial charge in [0.2, 0.25) is 0 Å². The fourth-order valence-corrected chi connectivity index (χ4v) is 2.88. The smallest absolute Gasteiger partial charge is 0.276 e. The Kier molecular flexibility index (Phi) is 7.47. The van der Waals surface area contributed by atoms with Crippen LogP contribution in [0, 0.1) is 0 Å². The molecule has 26 heavy (non-hydrogen) atoms. The highest BCUT2D eigenvalue weighted by Gasteiger charge is 2.12. The van der Waals surface area contributed by atoms with Crippen LogP contribution in [0.3, 0.4) is 0 Å². The van der Waals surface area contributed by atoms with Gasteiger partial charge in [-0.25, -0.2) is 4.83 Å². The van der Waals surface area contributed by atoms with Crippen LogP contribution in [-0.2, 0) is 10.0 Å². The van der Waals surface area contributed by atoms with Crippen molar-refractivity contribution in [3.8, 4) is 11.5 Å². The average Bonchev–Trinajstić information content (AvgIpc) is 2.64. The number of nitrogens with zero attached hydrogens (tertiary/aromatic N) is 1. The van der Waals surface area contributed by atoms with E-state index < -0.39 is 10.0 Å². The van der Waals surface area contributed by atoms with Gasteiger partial charge in [0.1, 0.15) is 11.5 Å². The second kappa shape index (κ2) is 9.82. The van der Waals surface area contributed by atoms with Gasteiger partial charge in [-0.15, -0.1) is 0 Å². The van der Waals surface area contributed by atoms with E-state index >= 15 is 0 Å². The van der Waals surface area contributed by atoms with Gasteiger partial charge in [-0.1, -0.05) is 13.3 Å². The van der Waals surface area contributed by atoms with Gasteiger partial charge in [0, 0.05) is 0 Å². The summed E-state index contributed by atoms with van der Waals surface area (Å²) < 4.78 is 35.3. The lowest BCUT2D eigenvalue weighted by Gasteiger charge is -2.06. The number of hydrogen-bond acceptors (Lipinski definition) is 5. The summed E-state index contributed by atoms with van der Waals surface area (Å²) in [6.45, 7) is 5.19. The van der Waals surface area contributed by atoms with E-state index in [0.717, 1.165) is 24.2 Å². The van der Waals surface area contributed by atoms with Crippen molar-refractivity contribution in [3.05, 3.63) is 54.1 Å². The van der Waals surface area contributed by atoms with E-state index in [1.165, 1.54) is 18.3 Å². The highest BCUT2D eigenvalue weighted by Crippen LogP contribution is 2.16. The number of rotatable bonds is 10. The summed E-state index contributed by atoms with van der Waals surface area (Å²) in [5.74, 6) is 1.40. The molecule has 0 amide bonds. The third-order valence-electron chi connectivity index (χ3n) is 3.48. The van der Waals surface area contributed by atoms with Crippen LogP contribution in [0.5, 0.6) is 11.5 Å². The van der Waals surface area contributed by atoms with Gasteiger partial charge in [-0.2, -0.15) is 13.5 Å². The summed E-state index contributed by atoms with van der Waals surface area (Å²) >= 11 is 0. The van der Waals surface area contributed by atoms with Gasteiger partial charge in [-0.3, -0.25) is 0 Å². The van der Waals surface area contributed by atoms with Gasteiger partial charge < -0.3 is 9.47 Å². The highest BCUT2D eigenvalue weighted by molar-refractivity contribution is 7.89. The van der Waals surface area contributed by atoms with Crippen LogP contribution in [0.15, 0.2) is 58.5 Å². The molecule has 0 saturated carbocycles. The minimum Gasteiger partial charge on any atom is -0.494 e. The molecule has 2 rings (SSSR count). The van der Waals surface area contributed by atoms with Crippen LogP contribution >= 0.6 is 0 Å². The fourth-order valence-electron chi connectivity index (χ4n) is 2.09. The van der Waals surface area contributed by atoms with Crippen molar-refractivity contribution in [3.63, 3.8) is 0 Å². The third-order valence-corrected chi connectivity index (χ3v) is 4.72. The molecule has 2 aromatic rings. The summed E-state index contributed by atoms with van der Waals surface area (Å²) in [6, 6.07) is 13.5. The maximum atomic E-state index is 12.2. The molecule has 0 fully saturated rings. The van der Waals surface area contributed by atoms with E-state index in [4.69, 9.17) is 9.47 Å². The lowest BCUT2D eigenvalue weighted by molar-refractivity contribution is 0.309. The second-order valence-electron chi connectivity index (χ2n) is 5.53. The molecule has 0 unspecified atom stereocenters. The van der Waals surface area contributed by atoms with E-state index in [1.807, 2.05) is 31.2 Å². The minimum absolute atomic E-state index is 0.123. The molecule has 1 N–H and O–H groups in total. The molecule has 140 valence electrons. The number of sulfonamides is 1. The van der Waals surface area contributed by atoms with E-state index in [-0.39, 0.29) is 4.90 Å². The number of nitrogens with one attached hydrogen (secondary N) is 1. The van der Waals surface area contributed by atoms with Crippen LogP contribution in [0.25, 0.3) is 0 Å². The maximum absolute atomic E-state index is 12.2. The van der Waals surface area contributed by atoms with Crippen molar-refractivity contribution in [2.24, 2.45) is 5.10 Å². The quantitative estimate of drug-likeness (QED) is 0.391. The molecule has 0 radical (unpaired) electrons. The van der Waals surface area contributed by atoms with Crippen molar-refractivity contribution in [2.45, 2.75) is 31.6 Å². The third kappa shape index (κ3) is 6.07. The second-order valence-corrected chi connectivity index (χ2v) is 7.19. The molecular weight excluding hydrogens is 352 g/mol. The number of hydrogen-bond donors (Lipinski definition) is 1. The summed E-state index contributed by atoms with van der Waals surface area (Å²) in [5, 5.41) is 3.82. The summed E-state index contributed by atoms with van der Waals surface area (Å²) in [5.41, 5.74) is 0.766. The number of benzene rings is 2. The van der Waals surface area contributed by atoms with E-state index in [0.29, 0.717) is 19.0 Å². The molecule has 2 aromatic carbocycles. The van der Waals surface area contributed by atoms with Gasteiger partial charge in [0.05, 0.1) is 24.3 Å². The number of ether oxygens (including phenoxy) is 2. The van der Waals surface area contributed by atoms with Crippen LogP contribution in [0.1, 0.15) is 32.3 Å². The van der Waals surface area contributed by atoms with Crippen molar-refractivity contribution in [1.82, 2.24) is 4.83 Å². The molecule has 0 aliphatic heterocycles. The predicted octanol–water partition coefficient (Wildman–Crippen LogP) is 3.58. The largest absolute Gasteiger partial charge is 0.494 e. The zero-order chi connectivity index (χ0) is 18.8. The lowest BCUT2D eigenvalue weighted by Crippen LogP contribution is -2.18. The maximum Gasteiger partial charge on any atom is 0.276 e. The summed E-state index contributed by atoms with van der Waals surface area (Å²) in [6.07, 6.45) is 3.54. The van der Waals surface area contributed by atoms with Crippen LogP contribution in [-0.4, -0.2) is 27.8 Å². The molecule has 6 nitrogen and oxygen atoms in total. The first-order valence-electron chi connectivity index (χ1n) is 8.55. The molecule has 0 aromatic heterocycles. The predicted molar refractivity (Wildman–Crippen MR) is 102 cm³/mol. The first-order chi connectivity index (χ1) is 12.5. The number of hydrazone groups is 1. The van der Waals surface area contributed by atoms with Gasteiger partial charge in [0.15, 0.2) is 0 Å². The van der Waals surface area contributed by atoms with Gasteiger partial charge in [0.25, 0.3) is 10.0 Å². The summed E-state index contributed by atoms with van der Waals surface area (Å²) in [7, 11) is -3.71. The van der Waals surface area contributed by atoms with Gasteiger partial charge >= 0.3 is 0 Å². The van der Waals surface area contributed by atoms with Crippen molar-refractivity contribution >= 4 is 16.2 Å². The molecule has 0 saturated heterocycles. The Balaban J connectivity index is 1.93. The molecule has 0 spiro atoms. The molecule has 0 heterocycles. The van der Waals surface area contributed by atoms with Gasteiger partial charge in [-0.05, 0) is 67.4 Å². The van der Waals surface area contributed by atoms with Crippen LogP contribution in [0.4, 0.5) is 0 Å². The Labute approximate surface area is 154 Å². The Morgan fingerprint density at radius 2 is 1.58 bits per heavy atom. The van der Waals surface area contributed by atoms with Crippen molar-refractivity contribution in [2.75, 3.05) is 13.2 Å².